The van der Waals surface area contributed by atoms with Gasteiger partial charge in [-0.2, -0.15) is 13.2 Å². The Balaban J connectivity index is 2.13. The van der Waals surface area contributed by atoms with Gasteiger partial charge in [0, 0.05) is 5.56 Å². The van der Waals surface area contributed by atoms with Crippen molar-refractivity contribution in [1.29, 1.82) is 0 Å². The van der Waals surface area contributed by atoms with E-state index in [0.29, 0.717) is 10.4 Å². The Morgan fingerprint density at radius 1 is 1.13 bits per heavy atom. The fraction of sp³-hybridized carbons (Fsp3) is 0.133. The number of fused-ring (bicyclic) bond motifs is 1. The van der Waals surface area contributed by atoms with Crippen LogP contribution in [0.2, 0.25) is 0 Å². The minimum absolute atomic E-state index is 0.106. The molecule has 0 aliphatic carbocycles. The molecule has 0 amide bonds. The van der Waals surface area contributed by atoms with Crippen LogP contribution in [-0.2, 0) is 6.18 Å². The van der Waals surface area contributed by atoms with Gasteiger partial charge in [-0.3, -0.25) is 4.79 Å². The number of hydrogen-bond donors (Lipinski definition) is 0. The van der Waals surface area contributed by atoms with Crippen molar-refractivity contribution in [3.8, 4) is 5.75 Å². The van der Waals surface area contributed by atoms with Gasteiger partial charge >= 0.3 is 6.18 Å². The van der Waals surface area contributed by atoms with Gasteiger partial charge in [-0.25, -0.2) is 9.97 Å². The SMILES string of the molecule is COc1ccc(C(=O)c2nc(C(F)(F)F)nc3ccsc23)cc1. The molecule has 2 aromatic heterocycles. The van der Waals surface area contributed by atoms with E-state index in [1.165, 1.54) is 25.3 Å². The van der Waals surface area contributed by atoms with E-state index in [1.54, 1.807) is 17.5 Å². The predicted octanol–water partition coefficient (Wildman–Crippen LogP) is 3.95. The molecule has 2 heterocycles. The maximum absolute atomic E-state index is 12.9. The highest BCUT2D eigenvalue weighted by atomic mass is 32.1. The molecule has 0 N–H and O–H groups in total. The summed E-state index contributed by atoms with van der Waals surface area (Å²) in [7, 11) is 1.48. The van der Waals surface area contributed by atoms with Crippen molar-refractivity contribution in [1.82, 2.24) is 9.97 Å². The van der Waals surface area contributed by atoms with Crippen LogP contribution in [0.25, 0.3) is 10.2 Å². The molecular formula is C15H9F3N2O2S. The molecule has 23 heavy (non-hydrogen) atoms. The third-order valence-electron chi connectivity index (χ3n) is 3.12. The maximum Gasteiger partial charge on any atom is 0.451 e. The van der Waals surface area contributed by atoms with E-state index in [2.05, 4.69) is 9.97 Å². The molecule has 3 aromatic rings. The Labute approximate surface area is 132 Å². The number of hydrogen-bond acceptors (Lipinski definition) is 5. The zero-order chi connectivity index (χ0) is 16.6. The van der Waals surface area contributed by atoms with Gasteiger partial charge in [0.1, 0.15) is 11.4 Å². The number of benzene rings is 1. The zero-order valence-corrected chi connectivity index (χ0v) is 12.5. The lowest BCUT2D eigenvalue weighted by Crippen LogP contribution is -2.15. The fourth-order valence-electron chi connectivity index (χ4n) is 2.02. The molecule has 0 saturated heterocycles. The Morgan fingerprint density at radius 2 is 1.83 bits per heavy atom. The van der Waals surface area contributed by atoms with Crippen LogP contribution in [0.4, 0.5) is 13.2 Å². The number of ketones is 1. The number of alkyl halides is 3. The lowest BCUT2D eigenvalue weighted by Gasteiger charge is -2.08. The summed E-state index contributed by atoms with van der Waals surface area (Å²) in [6.45, 7) is 0. The van der Waals surface area contributed by atoms with E-state index >= 15 is 0 Å². The summed E-state index contributed by atoms with van der Waals surface area (Å²) in [6.07, 6.45) is -4.72. The van der Waals surface area contributed by atoms with E-state index in [0.717, 1.165) is 11.3 Å². The van der Waals surface area contributed by atoms with Crippen LogP contribution in [0.1, 0.15) is 21.9 Å². The van der Waals surface area contributed by atoms with E-state index in [4.69, 9.17) is 4.74 Å². The molecule has 0 fully saturated rings. The number of halogens is 3. The summed E-state index contributed by atoms with van der Waals surface area (Å²) in [5, 5.41) is 1.57. The second kappa shape index (κ2) is 5.62. The van der Waals surface area contributed by atoms with Gasteiger partial charge < -0.3 is 4.74 Å². The Kier molecular flexibility index (Phi) is 3.77. The quantitative estimate of drug-likeness (QED) is 0.679. The molecule has 0 bridgehead atoms. The van der Waals surface area contributed by atoms with Crippen molar-refractivity contribution < 1.29 is 22.7 Å². The van der Waals surface area contributed by atoms with Crippen LogP contribution < -0.4 is 4.74 Å². The molecule has 4 nitrogen and oxygen atoms in total. The molecule has 0 saturated carbocycles. The monoisotopic (exact) mass is 338 g/mol. The number of methoxy groups -OCH3 is 1. The number of nitrogens with zero attached hydrogens (tertiary/aromatic N) is 2. The Hall–Kier alpha value is -2.48. The number of aromatic nitrogens is 2. The van der Waals surface area contributed by atoms with Gasteiger partial charge in [0.15, 0.2) is 0 Å². The summed E-state index contributed by atoms with van der Waals surface area (Å²) in [5.74, 6) is -1.37. The van der Waals surface area contributed by atoms with Crippen LogP contribution >= 0.6 is 11.3 Å². The second-order valence-electron chi connectivity index (χ2n) is 4.59. The molecule has 3 rings (SSSR count). The van der Waals surface area contributed by atoms with E-state index in [-0.39, 0.29) is 16.8 Å². The molecule has 0 aliphatic heterocycles. The van der Waals surface area contributed by atoms with Crippen molar-refractivity contribution in [2.45, 2.75) is 6.18 Å². The summed E-state index contributed by atoms with van der Waals surface area (Å²) in [5.41, 5.74) is 0.0870. The minimum Gasteiger partial charge on any atom is -0.497 e. The predicted molar refractivity (Wildman–Crippen MR) is 78.8 cm³/mol. The Morgan fingerprint density at radius 3 is 2.43 bits per heavy atom. The molecule has 118 valence electrons. The third kappa shape index (κ3) is 2.89. The van der Waals surface area contributed by atoms with Crippen LogP contribution in [0, 0.1) is 0 Å². The molecule has 0 unspecified atom stereocenters. The molecule has 0 radical (unpaired) electrons. The first-order valence-electron chi connectivity index (χ1n) is 6.41. The average molecular weight is 338 g/mol. The van der Waals surface area contributed by atoms with Crippen LogP contribution in [0.5, 0.6) is 5.75 Å². The third-order valence-corrected chi connectivity index (χ3v) is 4.03. The van der Waals surface area contributed by atoms with Gasteiger partial charge in [-0.1, -0.05) is 0 Å². The van der Waals surface area contributed by atoms with Crippen molar-refractivity contribution in [2.75, 3.05) is 7.11 Å². The normalized spacial score (nSPS) is 11.7. The first kappa shape index (κ1) is 15.4. The van der Waals surface area contributed by atoms with E-state index in [9.17, 15) is 18.0 Å². The fourth-order valence-corrected chi connectivity index (χ4v) is 2.84. The largest absolute Gasteiger partial charge is 0.497 e. The van der Waals surface area contributed by atoms with Crippen molar-refractivity contribution in [3.05, 3.63) is 52.8 Å². The molecular weight excluding hydrogens is 329 g/mol. The van der Waals surface area contributed by atoms with Crippen molar-refractivity contribution >= 4 is 27.3 Å². The summed E-state index contributed by atoms with van der Waals surface area (Å²) >= 11 is 1.13. The van der Waals surface area contributed by atoms with Crippen LogP contribution in [-0.4, -0.2) is 22.9 Å². The maximum atomic E-state index is 12.9. The smallest absolute Gasteiger partial charge is 0.451 e. The molecule has 1 aromatic carbocycles. The first-order chi connectivity index (χ1) is 10.9. The highest BCUT2D eigenvalue weighted by molar-refractivity contribution is 7.17. The molecule has 0 atom stereocenters. The number of carbonyl (C=O) groups is 1. The van der Waals surface area contributed by atoms with Gasteiger partial charge in [0.25, 0.3) is 0 Å². The number of rotatable bonds is 3. The van der Waals surface area contributed by atoms with Gasteiger partial charge in [-0.05, 0) is 35.7 Å². The van der Waals surface area contributed by atoms with Gasteiger partial charge in [-0.15, -0.1) is 11.3 Å². The number of ether oxygens (including phenoxy) is 1. The average Bonchev–Trinajstić information content (AvgIpc) is 3.01. The first-order valence-corrected chi connectivity index (χ1v) is 7.29. The van der Waals surface area contributed by atoms with E-state index in [1.807, 2.05) is 0 Å². The molecule has 0 spiro atoms. The van der Waals surface area contributed by atoms with Crippen molar-refractivity contribution in [3.63, 3.8) is 0 Å². The zero-order valence-electron chi connectivity index (χ0n) is 11.7. The highest BCUT2D eigenvalue weighted by Crippen LogP contribution is 2.31. The summed E-state index contributed by atoms with van der Waals surface area (Å²) < 4.78 is 44.1. The second-order valence-corrected chi connectivity index (χ2v) is 5.50. The summed E-state index contributed by atoms with van der Waals surface area (Å²) in [6, 6.07) is 7.52. The lowest BCUT2D eigenvalue weighted by atomic mass is 10.1. The highest BCUT2D eigenvalue weighted by Gasteiger charge is 2.36. The number of carbonyl (C=O) groups excluding carboxylic acids is 1. The lowest BCUT2D eigenvalue weighted by molar-refractivity contribution is -0.144. The summed E-state index contributed by atoms with van der Waals surface area (Å²) in [4.78, 5) is 19.5. The molecule has 0 aliphatic rings. The Bertz CT molecular complexity index is 873. The standard InChI is InChI=1S/C15H9F3N2O2S/c1-22-9-4-2-8(3-5-9)12(21)11-13-10(6-7-23-13)19-14(20-11)15(16,17)18/h2-7H,1H3. The van der Waals surface area contributed by atoms with Crippen LogP contribution in [0.3, 0.4) is 0 Å². The van der Waals surface area contributed by atoms with Gasteiger partial charge in [0.05, 0.1) is 17.3 Å². The minimum atomic E-state index is -4.72. The van der Waals surface area contributed by atoms with Crippen LogP contribution in [0.15, 0.2) is 35.7 Å². The van der Waals surface area contributed by atoms with Gasteiger partial charge in [0.2, 0.25) is 11.6 Å². The topological polar surface area (TPSA) is 52.1 Å². The number of thiophene rings is 1. The van der Waals surface area contributed by atoms with E-state index < -0.39 is 17.8 Å². The molecule has 8 heteroatoms. The van der Waals surface area contributed by atoms with Crippen molar-refractivity contribution in [2.24, 2.45) is 0 Å².